The first kappa shape index (κ1) is 20.5. The van der Waals surface area contributed by atoms with E-state index in [1.54, 1.807) is 16.9 Å². The highest BCUT2D eigenvalue weighted by Crippen LogP contribution is 2.20. The summed E-state index contributed by atoms with van der Waals surface area (Å²) < 4.78 is 7.45. The van der Waals surface area contributed by atoms with Gasteiger partial charge in [0.2, 0.25) is 0 Å². The van der Waals surface area contributed by atoms with Gasteiger partial charge in [0.15, 0.2) is 12.4 Å². The molecule has 1 amide bonds. The number of benzene rings is 2. The quantitative estimate of drug-likeness (QED) is 0.607. The van der Waals surface area contributed by atoms with Crippen molar-refractivity contribution in [3.05, 3.63) is 71.5 Å². The largest absolute Gasteiger partial charge is 0.471 e. The van der Waals surface area contributed by atoms with Crippen LogP contribution in [0.1, 0.15) is 35.5 Å². The van der Waals surface area contributed by atoms with E-state index in [1.807, 2.05) is 56.3 Å². The molecular weight excluding hydrogens is 364 g/mol. The number of hydrogen-bond acceptors (Lipinski definition) is 4. The van der Waals surface area contributed by atoms with Crippen molar-refractivity contribution in [1.29, 1.82) is 0 Å². The van der Waals surface area contributed by atoms with Crippen LogP contribution in [0.2, 0.25) is 0 Å². The lowest BCUT2D eigenvalue weighted by molar-refractivity contribution is 0.102. The molecule has 2 aromatic carbocycles. The molecule has 29 heavy (non-hydrogen) atoms. The maximum Gasteiger partial charge on any atom is 0.276 e. The van der Waals surface area contributed by atoms with Gasteiger partial charge in [-0.05, 0) is 75.2 Å². The number of aromatic nitrogens is 2. The summed E-state index contributed by atoms with van der Waals surface area (Å²) in [6.07, 6.45) is 1.74. The highest BCUT2D eigenvalue weighted by Gasteiger charge is 2.11. The summed E-state index contributed by atoms with van der Waals surface area (Å²) in [6.45, 7) is 10.4. The molecule has 0 saturated carbocycles. The Morgan fingerprint density at radius 1 is 1.07 bits per heavy atom. The van der Waals surface area contributed by atoms with Gasteiger partial charge in [0.1, 0.15) is 5.75 Å². The number of carbonyl (C=O) groups is 1. The smallest absolute Gasteiger partial charge is 0.276 e. The molecule has 0 unspecified atom stereocenters. The van der Waals surface area contributed by atoms with Crippen molar-refractivity contribution in [2.75, 3.05) is 23.3 Å². The topological polar surface area (TPSA) is 59.4 Å². The molecule has 0 saturated heterocycles. The molecular formula is C23H28N4O2. The minimum absolute atomic E-state index is 0.244. The lowest BCUT2D eigenvalue weighted by Gasteiger charge is -2.21. The van der Waals surface area contributed by atoms with E-state index >= 15 is 0 Å². The van der Waals surface area contributed by atoms with Gasteiger partial charge in [-0.3, -0.25) is 4.79 Å². The predicted octanol–water partition coefficient (Wildman–Crippen LogP) is 4.63. The average Bonchev–Trinajstić information content (AvgIpc) is 3.20. The van der Waals surface area contributed by atoms with Crippen molar-refractivity contribution in [3.8, 4) is 5.75 Å². The number of anilines is 2. The highest BCUT2D eigenvalue weighted by molar-refractivity contribution is 6.02. The summed E-state index contributed by atoms with van der Waals surface area (Å²) in [4.78, 5) is 14.7. The van der Waals surface area contributed by atoms with Crippen LogP contribution in [0.5, 0.6) is 5.75 Å². The molecule has 0 spiro atoms. The Morgan fingerprint density at radius 2 is 1.79 bits per heavy atom. The summed E-state index contributed by atoms with van der Waals surface area (Å²) in [5.41, 5.74) is 4.43. The summed E-state index contributed by atoms with van der Waals surface area (Å²) in [6, 6.07) is 15.6. The molecule has 0 aliphatic heterocycles. The number of nitrogens with zero attached hydrogens (tertiary/aromatic N) is 3. The third-order valence-corrected chi connectivity index (χ3v) is 4.82. The van der Waals surface area contributed by atoms with E-state index in [1.165, 1.54) is 0 Å². The molecule has 0 radical (unpaired) electrons. The van der Waals surface area contributed by atoms with Crippen LogP contribution in [0.15, 0.2) is 54.7 Å². The number of rotatable bonds is 8. The van der Waals surface area contributed by atoms with E-state index in [9.17, 15) is 4.79 Å². The van der Waals surface area contributed by atoms with Crippen LogP contribution in [-0.4, -0.2) is 28.8 Å². The van der Waals surface area contributed by atoms with Crippen molar-refractivity contribution in [2.45, 2.75) is 34.4 Å². The zero-order valence-electron chi connectivity index (χ0n) is 17.5. The molecule has 1 aromatic heterocycles. The molecule has 152 valence electrons. The lowest BCUT2D eigenvalue weighted by atomic mass is 10.1. The Balaban J connectivity index is 1.59. The van der Waals surface area contributed by atoms with Crippen LogP contribution in [0.4, 0.5) is 11.4 Å². The second-order valence-electron chi connectivity index (χ2n) is 6.96. The van der Waals surface area contributed by atoms with Gasteiger partial charge in [-0.25, -0.2) is 4.68 Å². The van der Waals surface area contributed by atoms with Gasteiger partial charge in [-0.1, -0.05) is 12.1 Å². The Hall–Kier alpha value is -3.28. The van der Waals surface area contributed by atoms with E-state index in [4.69, 9.17) is 4.74 Å². The Morgan fingerprint density at radius 3 is 2.48 bits per heavy atom. The number of hydrogen-bond donors (Lipinski definition) is 1. The Bertz CT molecular complexity index is 959. The molecule has 3 aromatic rings. The average molecular weight is 393 g/mol. The van der Waals surface area contributed by atoms with Crippen molar-refractivity contribution < 1.29 is 9.53 Å². The van der Waals surface area contributed by atoms with Crippen LogP contribution >= 0.6 is 0 Å². The van der Waals surface area contributed by atoms with Crippen LogP contribution in [0.3, 0.4) is 0 Å². The maximum atomic E-state index is 12.5. The van der Waals surface area contributed by atoms with Gasteiger partial charge in [0.25, 0.3) is 5.91 Å². The molecule has 1 N–H and O–H groups in total. The fourth-order valence-electron chi connectivity index (χ4n) is 3.09. The maximum absolute atomic E-state index is 12.5. The predicted molar refractivity (Wildman–Crippen MR) is 117 cm³/mol. The number of ether oxygens (including phenoxy) is 1. The van der Waals surface area contributed by atoms with Crippen LogP contribution in [0, 0.1) is 13.8 Å². The van der Waals surface area contributed by atoms with Crippen molar-refractivity contribution in [1.82, 2.24) is 9.78 Å². The second-order valence-corrected chi connectivity index (χ2v) is 6.96. The Labute approximate surface area is 172 Å². The standard InChI is InChI=1S/C23H28N4O2/c1-5-26(6-2)20-11-9-19(10-12-20)24-23(28)21-13-14-27(25-21)16-29-22-15-17(3)7-8-18(22)4/h7-15H,5-6,16H2,1-4H3,(H,24,28). The Kier molecular flexibility index (Phi) is 6.54. The summed E-state index contributed by atoms with van der Waals surface area (Å²) in [5.74, 6) is 0.575. The second kappa shape index (κ2) is 9.28. The van der Waals surface area contributed by atoms with Gasteiger partial charge in [-0.15, -0.1) is 0 Å². The molecule has 0 fully saturated rings. The fraction of sp³-hybridized carbons (Fsp3) is 0.304. The molecule has 6 heteroatoms. The lowest BCUT2D eigenvalue weighted by Crippen LogP contribution is -2.21. The first-order valence-corrected chi connectivity index (χ1v) is 9.90. The van der Waals surface area contributed by atoms with Crippen molar-refractivity contribution in [2.24, 2.45) is 0 Å². The van der Waals surface area contributed by atoms with E-state index in [2.05, 4.69) is 29.2 Å². The number of carbonyl (C=O) groups excluding carboxylic acids is 1. The molecule has 1 heterocycles. The van der Waals surface area contributed by atoms with Crippen LogP contribution in [-0.2, 0) is 6.73 Å². The number of aryl methyl sites for hydroxylation is 2. The van der Waals surface area contributed by atoms with Gasteiger partial charge in [0.05, 0.1) is 0 Å². The number of amides is 1. The van der Waals surface area contributed by atoms with Gasteiger partial charge in [-0.2, -0.15) is 5.10 Å². The molecule has 0 bridgehead atoms. The third-order valence-electron chi connectivity index (χ3n) is 4.82. The zero-order chi connectivity index (χ0) is 20.8. The van der Waals surface area contributed by atoms with E-state index < -0.39 is 0 Å². The summed E-state index contributed by atoms with van der Waals surface area (Å²) in [7, 11) is 0. The van der Waals surface area contributed by atoms with Crippen molar-refractivity contribution in [3.63, 3.8) is 0 Å². The minimum Gasteiger partial charge on any atom is -0.471 e. The first-order chi connectivity index (χ1) is 14.0. The minimum atomic E-state index is -0.244. The van der Waals surface area contributed by atoms with E-state index in [-0.39, 0.29) is 12.6 Å². The summed E-state index contributed by atoms with van der Waals surface area (Å²) in [5, 5.41) is 7.21. The SMILES string of the molecule is CCN(CC)c1ccc(NC(=O)c2ccn(COc3cc(C)ccc3C)n2)cc1. The normalized spacial score (nSPS) is 10.6. The molecule has 3 rings (SSSR count). The number of nitrogens with one attached hydrogen (secondary N) is 1. The summed E-state index contributed by atoms with van der Waals surface area (Å²) >= 11 is 0. The highest BCUT2D eigenvalue weighted by atomic mass is 16.5. The molecule has 0 aliphatic carbocycles. The van der Waals surface area contributed by atoms with E-state index in [0.29, 0.717) is 5.69 Å². The monoisotopic (exact) mass is 392 g/mol. The fourth-order valence-corrected chi connectivity index (χ4v) is 3.09. The molecule has 6 nitrogen and oxygen atoms in total. The van der Waals surface area contributed by atoms with Gasteiger partial charge < -0.3 is 15.0 Å². The van der Waals surface area contributed by atoms with Crippen molar-refractivity contribution >= 4 is 17.3 Å². The zero-order valence-corrected chi connectivity index (χ0v) is 17.5. The third kappa shape index (κ3) is 5.16. The van der Waals surface area contributed by atoms with E-state index in [0.717, 1.165) is 41.3 Å². The van der Waals surface area contributed by atoms with Crippen LogP contribution in [0.25, 0.3) is 0 Å². The van der Waals surface area contributed by atoms with Gasteiger partial charge in [0, 0.05) is 30.7 Å². The first-order valence-electron chi connectivity index (χ1n) is 9.90. The van der Waals surface area contributed by atoms with Crippen LogP contribution < -0.4 is 15.0 Å². The van der Waals surface area contributed by atoms with Gasteiger partial charge >= 0.3 is 0 Å². The molecule has 0 atom stereocenters. The molecule has 0 aliphatic rings.